The van der Waals surface area contributed by atoms with Gasteiger partial charge in [0.25, 0.3) is 14.3 Å². The van der Waals surface area contributed by atoms with E-state index in [1.807, 2.05) is 36.4 Å². The molecule has 0 amide bonds. The Kier molecular flexibility index (Phi) is 11.8. The third kappa shape index (κ3) is 9.97. The zero-order valence-corrected chi connectivity index (χ0v) is 33.5. The summed E-state index contributed by atoms with van der Waals surface area (Å²) in [5.74, 6) is 3.72. The standard InChI is InChI=1S/C36H56O7Si3/c1-26(37)40-30-24-28(21-23-44(8,9)10)41-33(32(30)39-25-27-18-16-15-17-19-27)31(42-45(11,12)35(2,3)4)29-20-22-38-34(29)43-46(13,14)36(5,6)7/h15-20,22,24,30-33H,25H2,1-14H3/t30-,31+,32+,33+/m1/s1. The van der Waals surface area contributed by atoms with Crippen LogP contribution in [0.3, 0.4) is 0 Å². The minimum Gasteiger partial charge on any atom is -0.518 e. The number of ether oxygens (including phenoxy) is 3. The molecule has 0 unspecified atom stereocenters. The molecular formula is C36H56O7Si3. The van der Waals surface area contributed by atoms with E-state index in [1.54, 1.807) is 12.3 Å². The van der Waals surface area contributed by atoms with Gasteiger partial charge in [0.05, 0.1) is 18.4 Å². The van der Waals surface area contributed by atoms with E-state index >= 15 is 0 Å². The van der Waals surface area contributed by atoms with Crippen molar-refractivity contribution in [3.05, 3.63) is 65.6 Å². The van der Waals surface area contributed by atoms with Crippen LogP contribution in [0.1, 0.15) is 65.7 Å². The molecule has 0 saturated heterocycles. The lowest BCUT2D eigenvalue weighted by Crippen LogP contribution is -2.52. The highest BCUT2D eigenvalue weighted by Crippen LogP contribution is 2.47. The predicted molar refractivity (Wildman–Crippen MR) is 192 cm³/mol. The first kappa shape index (κ1) is 37.9. The number of rotatable bonds is 10. The second-order valence-corrected chi connectivity index (χ2v) is 30.5. The van der Waals surface area contributed by atoms with Gasteiger partial charge >= 0.3 is 5.97 Å². The molecule has 1 aromatic carbocycles. The van der Waals surface area contributed by atoms with Crippen molar-refractivity contribution in [3.8, 4) is 17.4 Å². The van der Waals surface area contributed by atoms with Crippen molar-refractivity contribution in [1.82, 2.24) is 0 Å². The van der Waals surface area contributed by atoms with Gasteiger partial charge in [0.2, 0.25) is 0 Å². The summed E-state index contributed by atoms with van der Waals surface area (Å²) in [4.78, 5) is 12.5. The molecule has 10 heteroatoms. The fourth-order valence-electron chi connectivity index (χ4n) is 4.27. The average Bonchev–Trinajstić information content (AvgIpc) is 3.35. The van der Waals surface area contributed by atoms with E-state index in [9.17, 15) is 4.79 Å². The van der Waals surface area contributed by atoms with Crippen LogP contribution in [-0.4, -0.2) is 49.0 Å². The summed E-state index contributed by atoms with van der Waals surface area (Å²) >= 11 is 0. The SMILES string of the molecule is CC(=O)O[C@@H]1C=C(C#C[Si](C)(C)C)O[C@@H]([C@@H](O[Si](C)(C)C(C)(C)C)c2ccoc2O[Si](C)(C)C(C)(C)C)[C@H]1OCc1ccccc1. The first-order valence-electron chi connectivity index (χ1n) is 16.2. The van der Waals surface area contributed by atoms with Crippen molar-refractivity contribution in [3.63, 3.8) is 0 Å². The van der Waals surface area contributed by atoms with Crippen LogP contribution >= 0.6 is 0 Å². The van der Waals surface area contributed by atoms with Crippen molar-refractivity contribution in [1.29, 1.82) is 0 Å². The first-order valence-corrected chi connectivity index (χ1v) is 25.5. The number of hydrogen-bond donors (Lipinski definition) is 0. The van der Waals surface area contributed by atoms with Crippen LogP contribution in [0.5, 0.6) is 5.95 Å². The smallest absolute Gasteiger partial charge is 0.303 e. The van der Waals surface area contributed by atoms with Gasteiger partial charge in [0.1, 0.15) is 20.3 Å². The van der Waals surface area contributed by atoms with E-state index in [-0.39, 0.29) is 10.1 Å². The number of hydrogen-bond acceptors (Lipinski definition) is 7. The van der Waals surface area contributed by atoms with Gasteiger partial charge in [-0.2, -0.15) is 0 Å². The molecule has 0 saturated carbocycles. The Hall–Kier alpha value is -2.56. The number of furan rings is 1. The molecule has 0 aliphatic carbocycles. The number of benzene rings is 1. The lowest BCUT2D eigenvalue weighted by Gasteiger charge is -2.45. The lowest BCUT2D eigenvalue weighted by atomic mass is 9.95. The number of esters is 1. The van der Waals surface area contributed by atoms with Gasteiger partial charge in [-0.1, -0.05) is 91.5 Å². The van der Waals surface area contributed by atoms with Gasteiger partial charge < -0.3 is 27.5 Å². The Morgan fingerprint density at radius 1 is 0.913 bits per heavy atom. The molecule has 0 N–H and O–H groups in total. The minimum atomic E-state index is -2.45. The van der Waals surface area contributed by atoms with E-state index in [4.69, 9.17) is 27.5 Å². The third-order valence-corrected chi connectivity index (χ3v) is 18.7. The van der Waals surface area contributed by atoms with Gasteiger partial charge in [-0.3, -0.25) is 4.79 Å². The topological polar surface area (TPSA) is 76.4 Å². The number of carbonyl (C=O) groups is 1. The van der Waals surface area contributed by atoms with Gasteiger partial charge in [-0.05, 0) is 53.8 Å². The van der Waals surface area contributed by atoms with Gasteiger partial charge in [0.15, 0.2) is 26.3 Å². The molecule has 3 rings (SSSR count). The molecule has 1 aromatic heterocycles. The summed E-state index contributed by atoms with van der Waals surface area (Å²) in [7, 11) is -6.51. The zero-order chi connectivity index (χ0) is 34.7. The van der Waals surface area contributed by atoms with Crippen molar-refractivity contribution in [2.75, 3.05) is 0 Å². The number of carbonyl (C=O) groups excluding carboxylic acids is 1. The molecule has 0 radical (unpaired) electrons. The van der Waals surface area contributed by atoms with Gasteiger partial charge in [-0.15, -0.1) is 5.54 Å². The van der Waals surface area contributed by atoms with E-state index in [0.717, 1.165) is 11.1 Å². The molecule has 4 atom stereocenters. The minimum absolute atomic E-state index is 0.0573. The first-order chi connectivity index (χ1) is 21.0. The van der Waals surface area contributed by atoms with E-state index < -0.39 is 55.1 Å². The number of allylic oxidation sites excluding steroid dienone is 1. The molecule has 254 valence electrons. The molecule has 46 heavy (non-hydrogen) atoms. The van der Waals surface area contributed by atoms with Crippen LogP contribution in [-0.2, 0) is 30.0 Å². The molecule has 2 heterocycles. The molecule has 1 aliphatic heterocycles. The maximum absolute atomic E-state index is 12.5. The third-order valence-electron chi connectivity index (χ3n) is 9.02. The zero-order valence-electron chi connectivity index (χ0n) is 30.5. The van der Waals surface area contributed by atoms with Crippen molar-refractivity contribution < 1.29 is 32.3 Å². The summed E-state index contributed by atoms with van der Waals surface area (Å²) in [6.45, 7) is 30.2. The van der Waals surface area contributed by atoms with Gasteiger partial charge in [0, 0.05) is 13.0 Å². The Morgan fingerprint density at radius 2 is 1.52 bits per heavy atom. The second kappa shape index (κ2) is 14.3. The summed E-state index contributed by atoms with van der Waals surface area (Å²) in [5, 5.41) is -0.172. The van der Waals surface area contributed by atoms with E-state index in [2.05, 4.69) is 98.8 Å². The van der Waals surface area contributed by atoms with Crippen LogP contribution in [0, 0.1) is 11.5 Å². The molecule has 0 fully saturated rings. The van der Waals surface area contributed by atoms with Crippen molar-refractivity contribution >= 4 is 30.7 Å². The van der Waals surface area contributed by atoms with E-state index in [1.165, 1.54) is 6.92 Å². The normalized spacial score (nSPS) is 20.1. The summed E-state index contributed by atoms with van der Waals surface area (Å²) in [6.07, 6.45) is 0.536. The Labute approximate surface area is 280 Å². The molecule has 1 aliphatic rings. The molecule has 0 bridgehead atoms. The summed E-state index contributed by atoms with van der Waals surface area (Å²) < 4.78 is 39.5. The Morgan fingerprint density at radius 3 is 2.07 bits per heavy atom. The van der Waals surface area contributed by atoms with Crippen LogP contribution in [0.15, 0.2) is 58.9 Å². The van der Waals surface area contributed by atoms with E-state index in [0.29, 0.717) is 18.3 Å². The second-order valence-electron chi connectivity index (χ2n) is 16.3. The Balaban J connectivity index is 2.24. The highest BCUT2D eigenvalue weighted by atomic mass is 28.4. The fraction of sp³-hybridized carbons (Fsp3) is 0.583. The van der Waals surface area contributed by atoms with Crippen molar-refractivity contribution in [2.24, 2.45) is 0 Å². The van der Waals surface area contributed by atoms with Crippen molar-refractivity contribution in [2.45, 2.75) is 135 Å². The van der Waals surface area contributed by atoms with Crippen LogP contribution in [0.25, 0.3) is 0 Å². The summed E-state index contributed by atoms with van der Waals surface area (Å²) in [5.41, 5.74) is 5.14. The van der Waals surface area contributed by atoms with Gasteiger partial charge in [-0.25, -0.2) is 0 Å². The highest BCUT2D eigenvalue weighted by molar-refractivity contribution is 6.83. The predicted octanol–water partition coefficient (Wildman–Crippen LogP) is 9.41. The molecule has 2 aromatic rings. The quantitative estimate of drug-likeness (QED) is 0.140. The molecule has 7 nitrogen and oxygen atoms in total. The summed E-state index contributed by atoms with van der Waals surface area (Å²) in [6, 6.07) is 11.8. The average molecular weight is 685 g/mol. The van der Waals surface area contributed by atoms with Crippen LogP contribution < -0.4 is 4.43 Å². The largest absolute Gasteiger partial charge is 0.518 e. The molecular weight excluding hydrogens is 629 g/mol. The Bertz CT molecular complexity index is 1410. The maximum atomic E-state index is 12.5. The van der Waals surface area contributed by atoms with Crippen LogP contribution in [0.2, 0.25) is 55.9 Å². The van der Waals surface area contributed by atoms with Crippen LogP contribution in [0.4, 0.5) is 0 Å². The fourth-order valence-corrected chi connectivity index (χ4v) is 6.96. The monoisotopic (exact) mass is 684 g/mol. The maximum Gasteiger partial charge on any atom is 0.303 e. The highest BCUT2D eigenvalue weighted by Gasteiger charge is 2.50. The lowest BCUT2D eigenvalue weighted by molar-refractivity contribution is -0.174. The molecule has 0 spiro atoms.